The second-order valence-corrected chi connectivity index (χ2v) is 6.30. The summed E-state index contributed by atoms with van der Waals surface area (Å²) in [5, 5.41) is 7.60. The molecule has 9 heteroatoms. The van der Waals surface area contributed by atoms with Crippen LogP contribution in [0.25, 0.3) is 0 Å². The van der Waals surface area contributed by atoms with Gasteiger partial charge in [0.25, 0.3) is 0 Å². The fourth-order valence-corrected chi connectivity index (χ4v) is 2.97. The number of aromatic nitrogens is 1. The van der Waals surface area contributed by atoms with Crippen LogP contribution in [0.2, 0.25) is 0 Å². The molecular formula is C16H17F2N3O3S. The smallest absolute Gasteiger partial charge is 0.343 e. The molecule has 2 N–H and O–H groups in total. The number of ether oxygens (including phenoxy) is 1. The van der Waals surface area contributed by atoms with Crippen molar-refractivity contribution < 1.29 is 23.1 Å². The van der Waals surface area contributed by atoms with Crippen molar-refractivity contribution in [3.05, 3.63) is 45.9 Å². The molecule has 2 rings (SSSR count). The van der Waals surface area contributed by atoms with Crippen molar-refractivity contribution in [1.29, 1.82) is 0 Å². The Morgan fingerprint density at radius 1 is 1.32 bits per heavy atom. The Kier molecular flexibility index (Phi) is 5.68. The van der Waals surface area contributed by atoms with Gasteiger partial charge in [-0.05, 0) is 25.5 Å². The van der Waals surface area contributed by atoms with Gasteiger partial charge >= 0.3 is 12.0 Å². The van der Waals surface area contributed by atoms with E-state index in [9.17, 15) is 18.4 Å². The van der Waals surface area contributed by atoms with Crippen LogP contribution in [0.1, 0.15) is 35.6 Å². The van der Waals surface area contributed by atoms with E-state index in [2.05, 4.69) is 20.4 Å². The van der Waals surface area contributed by atoms with Crippen LogP contribution >= 0.6 is 11.3 Å². The topological polar surface area (TPSA) is 80.3 Å². The molecule has 0 fully saturated rings. The molecule has 6 nitrogen and oxygen atoms in total. The maximum atomic E-state index is 13.9. The third-order valence-electron chi connectivity index (χ3n) is 3.69. The number of nitrogens with one attached hydrogen (secondary N) is 2. The Morgan fingerprint density at radius 3 is 2.44 bits per heavy atom. The Morgan fingerprint density at radius 2 is 1.96 bits per heavy atom. The summed E-state index contributed by atoms with van der Waals surface area (Å²) in [5.74, 6) is -3.38. The van der Waals surface area contributed by atoms with Gasteiger partial charge in [0.15, 0.2) is 0 Å². The van der Waals surface area contributed by atoms with Gasteiger partial charge in [-0.15, -0.1) is 11.3 Å². The molecule has 0 aliphatic heterocycles. The first-order chi connectivity index (χ1) is 11.8. The zero-order chi connectivity index (χ0) is 18.6. The third kappa shape index (κ3) is 4.11. The monoisotopic (exact) mass is 369 g/mol. The molecule has 1 atom stereocenters. The van der Waals surface area contributed by atoms with E-state index in [1.807, 2.05) is 6.92 Å². The SMILES string of the molecule is CC[C@](C)(NC(=O)Nc1cc(F)c(C(=O)OC)c(F)c1)c1nccs1. The van der Waals surface area contributed by atoms with E-state index in [1.54, 1.807) is 18.5 Å². The van der Waals surface area contributed by atoms with Crippen LogP contribution in [0.3, 0.4) is 0 Å². The lowest BCUT2D eigenvalue weighted by Crippen LogP contribution is -2.45. The van der Waals surface area contributed by atoms with E-state index >= 15 is 0 Å². The number of hydrogen-bond donors (Lipinski definition) is 2. The van der Waals surface area contributed by atoms with Crippen LogP contribution in [0.4, 0.5) is 19.3 Å². The molecule has 2 amide bonds. The highest BCUT2D eigenvalue weighted by atomic mass is 32.1. The van der Waals surface area contributed by atoms with Crippen molar-refractivity contribution in [2.24, 2.45) is 0 Å². The molecular weight excluding hydrogens is 352 g/mol. The van der Waals surface area contributed by atoms with Gasteiger partial charge in [0.05, 0.1) is 12.6 Å². The summed E-state index contributed by atoms with van der Waals surface area (Å²) in [4.78, 5) is 27.7. The van der Waals surface area contributed by atoms with E-state index in [0.717, 1.165) is 19.2 Å². The van der Waals surface area contributed by atoms with Gasteiger partial charge in [0.1, 0.15) is 22.2 Å². The molecule has 2 aromatic rings. The van der Waals surface area contributed by atoms with Gasteiger partial charge in [0, 0.05) is 17.3 Å². The fraction of sp³-hybridized carbons (Fsp3) is 0.312. The summed E-state index contributed by atoms with van der Waals surface area (Å²) in [6, 6.07) is 1.05. The van der Waals surface area contributed by atoms with Gasteiger partial charge in [-0.25, -0.2) is 23.4 Å². The molecule has 1 aromatic carbocycles. The second-order valence-electron chi connectivity index (χ2n) is 5.41. The first-order valence-corrected chi connectivity index (χ1v) is 8.25. The van der Waals surface area contributed by atoms with Gasteiger partial charge < -0.3 is 15.4 Å². The summed E-state index contributed by atoms with van der Waals surface area (Å²) >= 11 is 1.39. The van der Waals surface area contributed by atoms with Gasteiger partial charge in [-0.3, -0.25) is 0 Å². The zero-order valence-electron chi connectivity index (χ0n) is 13.9. The van der Waals surface area contributed by atoms with Crippen molar-refractivity contribution >= 4 is 29.0 Å². The first-order valence-electron chi connectivity index (χ1n) is 7.37. The molecule has 0 bridgehead atoms. The van der Waals surface area contributed by atoms with Crippen molar-refractivity contribution in [2.75, 3.05) is 12.4 Å². The van der Waals surface area contributed by atoms with E-state index < -0.39 is 34.7 Å². The molecule has 134 valence electrons. The fourth-order valence-electron chi connectivity index (χ4n) is 2.14. The molecule has 1 aromatic heterocycles. The summed E-state index contributed by atoms with van der Waals surface area (Å²) in [7, 11) is 1.02. The molecule has 0 saturated carbocycles. The number of carbonyl (C=O) groups is 2. The average molecular weight is 369 g/mol. The minimum atomic E-state index is -1.13. The number of nitrogens with zero attached hydrogens (tertiary/aromatic N) is 1. The van der Waals surface area contributed by atoms with E-state index in [1.165, 1.54) is 11.3 Å². The predicted octanol–water partition coefficient (Wildman–Crippen LogP) is 3.65. The molecule has 0 aliphatic rings. The minimum absolute atomic E-state index is 0.127. The van der Waals surface area contributed by atoms with Crippen molar-refractivity contribution in [3.63, 3.8) is 0 Å². The molecule has 0 saturated heterocycles. The summed E-state index contributed by atoms with van der Waals surface area (Å²) in [6.07, 6.45) is 2.20. The van der Waals surface area contributed by atoms with Crippen LogP contribution in [-0.4, -0.2) is 24.1 Å². The van der Waals surface area contributed by atoms with Crippen LogP contribution in [0, 0.1) is 11.6 Å². The lowest BCUT2D eigenvalue weighted by molar-refractivity contribution is 0.0590. The quantitative estimate of drug-likeness (QED) is 0.789. The number of methoxy groups -OCH3 is 1. The maximum absolute atomic E-state index is 13.9. The van der Waals surface area contributed by atoms with E-state index in [-0.39, 0.29) is 5.69 Å². The molecule has 1 heterocycles. The normalized spacial score (nSPS) is 13.0. The molecule has 0 radical (unpaired) electrons. The Labute approximate surface area is 147 Å². The molecule has 0 spiro atoms. The van der Waals surface area contributed by atoms with Crippen LogP contribution in [0.15, 0.2) is 23.7 Å². The summed E-state index contributed by atoms with van der Waals surface area (Å²) in [6.45, 7) is 3.68. The highest BCUT2D eigenvalue weighted by Crippen LogP contribution is 2.26. The Balaban J connectivity index is 2.17. The highest BCUT2D eigenvalue weighted by Gasteiger charge is 2.29. The number of thiazole rings is 1. The number of urea groups is 1. The zero-order valence-corrected chi connectivity index (χ0v) is 14.7. The highest BCUT2D eigenvalue weighted by molar-refractivity contribution is 7.09. The number of benzene rings is 1. The maximum Gasteiger partial charge on any atom is 0.343 e. The lowest BCUT2D eigenvalue weighted by atomic mass is 10.0. The molecule has 25 heavy (non-hydrogen) atoms. The Bertz CT molecular complexity index is 760. The van der Waals surface area contributed by atoms with Crippen LogP contribution < -0.4 is 10.6 Å². The van der Waals surface area contributed by atoms with Gasteiger partial charge in [-0.1, -0.05) is 6.92 Å². The molecule has 0 aliphatic carbocycles. The van der Waals surface area contributed by atoms with Crippen molar-refractivity contribution in [1.82, 2.24) is 10.3 Å². The van der Waals surface area contributed by atoms with Gasteiger partial charge in [0.2, 0.25) is 0 Å². The van der Waals surface area contributed by atoms with E-state index in [4.69, 9.17) is 0 Å². The number of carbonyl (C=O) groups excluding carboxylic acids is 2. The number of rotatable bonds is 5. The minimum Gasteiger partial charge on any atom is -0.465 e. The number of hydrogen-bond acceptors (Lipinski definition) is 5. The largest absolute Gasteiger partial charge is 0.465 e. The third-order valence-corrected chi connectivity index (χ3v) is 4.73. The number of anilines is 1. The van der Waals surface area contributed by atoms with Crippen molar-refractivity contribution in [3.8, 4) is 0 Å². The lowest BCUT2D eigenvalue weighted by Gasteiger charge is -2.27. The average Bonchev–Trinajstić information content (AvgIpc) is 3.08. The number of halogens is 2. The second kappa shape index (κ2) is 7.56. The van der Waals surface area contributed by atoms with Crippen LogP contribution in [-0.2, 0) is 10.3 Å². The Hall–Kier alpha value is -2.55. The number of amides is 2. The predicted molar refractivity (Wildman–Crippen MR) is 89.6 cm³/mol. The summed E-state index contributed by atoms with van der Waals surface area (Å²) < 4.78 is 32.1. The summed E-state index contributed by atoms with van der Waals surface area (Å²) in [5.41, 5.74) is -1.66. The van der Waals surface area contributed by atoms with Crippen LogP contribution in [0.5, 0.6) is 0 Å². The first kappa shape index (κ1) is 18.8. The standard InChI is InChI=1S/C16H17F2N3O3S/c1-4-16(2,14-19-5-6-25-14)21-15(23)20-9-7-10(17)12(11(18)8-9)13(22)24-3/h5-8H,4H2,1-3H3,(H2,20,21,23)/t16-/m0/s1. The van der Waals surface area contributed by atoms with Crippen molar-refractivity contribution in [2.45, 2.75) is 25.8 Å². The molecule has 0 unspecified atom stereocenters. The van der Waals surface area contributed by atoms with E-state index in [0.29, 0.717) is 11.4 Å². The van der Waals surface area contributed by atoms with Gasteiger partial charge in [-0.2, -0.15) is 0 Å². The number of esters is 1.